The zero-order valence-electron chi connectivity index (χ0n) is 12.7. The molecule has 0 aliphatic carbocycles. The minimum absolute atomic E-state index is 0.149. The number of rotatable bonds is 2. The molecule has 0 spiro atoms. The lowest BCUT2D eigenvalue weighted by Gasteiger charge is -2.34. The average molecular weight is 325 g/mol. The Labute approximate surface area is 132 Å². The minimum atomic E-state index is -0.647. The Morgan fingerprint density at radius 3 is 2.13 bits per heavy atom. The first-order valence-electron chi connectivity index (χ1n) is 7.15. The van der Waals surface area contributed by atoms with Crippen molar-refractivity contribution in [3.05, 3.63) is 12.1 Å². The number of hydrogen-bond donors (Lipinski definition) is 4. The minimum Gasteiger partial charge on any atom is -0.504 e. The van der Waals surface area contributed by atoms with Crippen molar-refractivity contribution in [2.75, 3.05) is 38.1 Å². The number of carbonyl (C=O) groups excluding carboxylic acids is 2. The number of nitrogens with zero attached hydrogens (tertiary/aromatic N) is 2. The summed E-state index contributed by atoms with van der Waals surface area (Å²) in [7, 11) is 0. The van der Waals surface area contributed by atoms with Crippen molar-refractivity contribution < 1.29 is 29.6 Å². The molecule has 9 nitrogen and oxygen atoms in total. The monoisotopic (exact) mass is 325 g/mol. The van der Waals surface area contributed by atoms with E-state index in [0.29, 0.717) is 32.8 Å². The van der Waals surface area contributed by atoms with Crippen molar-refractivity contribution in [3.8, 4) is 17.2 Å². The summed E-state index contributed by atoms with van der Waals surface area (Å²) in [4.78, 5) is 26.7. The molecule has 3 amide bonds. The number of piperazine rings is 1. The number of phenols is 3. The van der Waals surface area contributed by atoms with E-state index in [1.807, 2.05) is 0 Å². The average Bonchev–Trinajstić information content (AvgIpc) is 2.53. The maximum absolute atomic E-state index is 12.1. The van der Waals surface area contributed by atoms with Crippen molar-refractivity contribution in [3.63, 3.8) is 0 Å². The first-order chi connectivity index (χ1) is 10.9. The van der Waals surface area contributed by atoms with E-state index in [0.717, 1.165) is 12.1 Å². The summed E-state index contributed by atoms with van der Waals surface area (Å²) >= 11 is 0. The second-order valence-corrected chi connectivity index (χ2v) is 4.97. The Hall–Kier alpha value is -2.84. The molecule has 0 bridgehead atoms. The number of phenolic OH excluding ortho intramolecular Hbond substituents is 3. The Balaban J connectivity index is 1.92. The van der Waals surface area contributed by atoms with E-state index in [-0.39, 0.29) is 5.69 Å². The highest BCUT2D eigenvalue weighted by molar-refractivity contribution is 5.90. The highest BCUT2D eigenvalue weighted by Crippen LogP contribution is 2.37. The highest BCUT2D eigenvalue weighted by atomic mass is 16.6. The Morgan fingerprint density at radius 1 is 1.09 bits per heavy atom. The van der Waals surface area contributed by atoms with Crippen molar-refractivity contribution in [1.29, 1.82) is 0 Å². The molecule has 0 unspecified atom stereocenters. The molecule has 0 radical (unpaired) electrons. The van der Waals surface area contributed by atoms with Gasteiger partial charge in [0, 0.05) is 38.3 Å². The van der Waals surface area contributed by atoms with Gasteiger partial charge in [0.1, 0.15) is 0 Å². The molecule has 1 fully saturated rings. The zero-order chi connectivity index (χ0) is 17.0. The second kappa shape index (κ2) is 6.95. The molecule has 4 N–H and O–H groups in total. The number of amides is 3. The largest absolute Gasteiger partial charge is 0.504 e. The number of nitrogens with one attached hydrogen (secondary N) is 1. The molecule has 126 valence electrons. The summed E-state index contributed by atoms with van der Waals surface area (Å²) in [6.45, 7) is 3.41. The fourth-order valence-corrected chi connectivity index (χ4v) is 2.19. The van der Waals surface area contributed by atoms with Crippen LogP contribution in [0.4, 0.5) is 15.3 Å². The fraction of sp³-hybridized carbons (Fsp3) is 0.429. The van der Waals surface area contributed by atoms with Crippen LogP contribution in [0.5, 0.6) is 17.2 Å². The topological polar surface area (TPSA) is 123 Å². The van der Waals surface area contributed by atoms with Crippen LogP contribution in [0.25, 0.3) is 0 Å². The normalized spacial score (nSPS) is 14.5. The number of benzene rings is 1. The zero-order valence-corrected chi connectivity index (χ0v) is 12.7. The summed E-state index contributed by atoms with van der Waals surface area (Å²) in [5.74, 6) is -1.72. The lowest BCUT2D eigenvalue weighted by atomic mass is 10.2. The van der Waals surface area contributed by atoms with Gasteiger partial charge in [0.05, 0.1) is 12.3 Å². The van der Waals surface area contributed by atoms with Crippen molar-refractivity contribution in [2.45, 2.75) is 6.92 Å². The van der Waals surface area contributed by atoms with Crippen LogP contribution in [0.1, 0.15) is 6.92 Å². The van der Waals surface area contributed by atoms with Crippen molar-refractivity contribution >= 4 is 17.8 Å². The van der Waals surface area contributed by atoms with Crippen molar-refractivity contribution in [1.82, 2.24) is 9.80 Å². The van der Waals surface area contributed by atoms with Crippen LogP contribution in [0, 0.1) is 0 Å². The van der Waals surface area contributed by atoms with Crippen LogP contribution in [-0.2, 0) is 4.74 Å². The highest BCUT2D eigenvalue weighted by Gasteiger charge is 2.25. The lowest BCUT2D eigenvalue weighted by molar-refractivity contribution is 0.0868. The number of carbonyl (C=O) groups is 2. The molecule has 2 rings (SSSR count). The SMILES string of the molecule is CCOC(=O)N1CCN(C(=O)Nc2cc(O)c(O)c(O)c2)CC1. The van der Waals surface area contributed by atoms with Crippen molar-refractivity contribution in [2.24, 2.45) is 0 Å². The maximum atomic E-state index is 12.1. The molecule has 1 heterocycles. The van der Waals surface area contributed by atoms with E-state index < -0.39 is 29.4 Å². The molecule has 1 aliphatic rings. The van der Waals surface area contributed by atoms with Crippen LogP contribution < -0.4 is 5.32 Å². The van der Waals surface area contributed by atoms with Gasteiger partial charge in [-0.2, -0.15) is 0 Å². The summed E-state index contributed by atoms with van der Waals surface area (Å²) in [6, 6.07) is 1.82. The standard InChI is InChI=1S/C14H19N3O6/c1-2-23-14(22)17-5-3-16(4-6-17)13(21)15-9-7-10(18)12(20)11(19)8-9/h7-8,18-20H,2-6H2,1H3,(H,15,21). The van der Waals surface area contributed by atoms with Gasteiger partial charge >= 0.3 is 12.1 Å². The van der Waals surface area contributed by atoms with Crippen LogP contribution in [0.3, 0.4) is 0 Å². The fourth-order valence-electron chi connectivity index (χ4n) is 2.19. The Morgan fingerprint density at radius 2 is 1.61 bits per heavy atom. The molecular formula is C14H19N3O6. The van der Waals surface area contributed by atoms with Gasteiger partial charge < -0.3 is 35.2 Å². The third-order valence-electron chi connectivity index (χ3n) is 3.41. The molecule has 1 aromatic rings. The van der Waals surface area contributed by atoms with E-state index in [9.17, 15) is 24.9 Å². The van der Waals surface area contributed by atoms with Gasteiger partial charge in [0.15, 0.2) is 17.2 Å². The smallest absolute Gasteiger partial charge is 0.409 e. The first-order valence-corrected chi connectivity index (χ1v) is 7.15. The molecule has 0 saturated carbocycles. The van der Waals surface area contributed by atoms with E-state index in [1.54, 1.807) is 6.92 Å². The first kappa shape index (κ1) is 16.5. The molecule has 0 atom stereocenters. The van der Waals surface area contributed by atoms with E-state index in [4.69, 9.17) is 4.74 Å². The number of anilines is 1. The van der Waals surface area contributed by atoms with Crippen LogP contribution in [0.2, 0.25) is 0 Å². The predicted molar refractivity (Wildman–Crippen MR) is 80.6 cm³/mol. The van der Waals surface area contributed by atoms with Gasteiger partial charge in [0.25, 0.3) is 0 Å². The molecule has 23 heavy (non-hydrogen) atoms. The maximum Gasteiger partial charge on any atom is 0.409 e. The third-order valence-corrected chi connectivity index (χ3v) is 3.41. The number of aromatic hydroxyl groups is 3. The third kappa shape index (κ3) is 3.87. The summed E-state index contributed by atoms with van der Waals surface area (Å²) in [5.41, 5.74) is 0.149. The molecule has 9 heteroatoms. The van der Waals surface area contributed by atoms with Gasteiger partial charge in [0.2, 0.25) is 0 Å². The van der Waals surface area contributed by atoms with Gasteiger partial charge in [-0.05, 0) is 6.92 Å². The van der Waals surface area contributed by atoms with E-state index >= 15 is 0 Å². The molecular weight excluding hydrogens is 306 g/mol. The van der Waals surface area contributed by atoms with Crippen LogP contribution >= 0.6 is 0 Å². The Bertz CT molecular complexity index is 575. The summed E-state index contributed by atoms with van der Waals surface area (Å²) in [6.07, 6.45) is -0.402. The van der Waals surface area contributed by atoms with Crippen LogP contribution in [-0.4, -0.2) is 70.0 Å². The summed E-state index contributed by atoms with van der Waals surface area (Å²) < 4.78 is 4.90. The van der Waals surface area contributed by atoms with Gasteiger partial charge in [-0.25, -0.2) is 9.59 Å². The quantitative estimate of drug-likeness (QED) is 0.477. The second-order valence-electron chi connectivity index (χ2n) is 4.97. The van der Waals surface area contributed by atoms with E-state index in [2.05, 4.69) is 5.32 Å². The summed E-state index contributed by atoms with van der Waals surface area (Å²) in [5, 5.41) is 30.6. The molecule has 1 saturated heterocycles. The molecule has 1 aliphatic heterocycles. The number of hydrogen-bond acceptors (Lipinski definition) is 6. The molecule has 1 aromatic carbocycles. The number of urea groups is 1. The Kier molecular flexibility index (Phi) is 4.99. The number of ether oxygens (including phenoxy) is 1. The van der Waals surface area contributed by atoms with Gasteiger partial charge in [-0.1, -0.05) is 0 Å². The van der Waals surface area contributed by atoms with Gasteiger partial charge in [-0.15, -0.1) is 0 Å². The van der Waals surface area contributed by atoms with E-state index in [1.165, 1.54) is 9.80 Å². The van der Waals surface area contributed by atoms with Gasteiger partial charge in [-0.3, -0.25) is 0 Å². The molecule has 0 aromatic heterocycles. The lowest BCUT2D eigenvalue weighted by Crippen LogP contribution is -2.51. The predicted octanol–water partition coefficient (Wildman–Crippen LogP) is 1.11. The van der Waals surface area contributed by atoms with Crippen LogP contribution in [0.15, 0.2) is 12.1 Å².